The molecule has 1 aromatic carbocycles. The van der Waals surface area contributed by atoms with Crippen LogP contribution in [0.4, 0.5) is 5.69 Å². The van der Waals surface area contributed by atoms with Gasteiger partial charge < -0.3 is 14.4 Å². The van der Waals surface area contributed by atoms with E-state index in [4.69, 9.17) is 9.47 Å². The summed E-state index contributed by atoms with van der Waals surface area (Å²) in [7, 11) is 1.77. The van der Waals surface area contributed by atoms with Crippen molar-refractivity contribution in [3.63, 3.8) is 0 Å². The smallest absolute Gasteiger partial charge is 0.101 e. The third-order valence-corrected chi connectivity index (χ3v) is 7.64. The number of hydrogen-bond donors (Lipinski definition) is 0. The number of fused-ring (bicyclic) bond motifs is 1. The number of ether oxygens (including phenoxy) is 2. The first-order chi connectivity index (χ1) is 16.4. The van der Waals surface area contributed by atoms with Crippen LogP contribution in [0.25, 0.3) is 10.9 Å². The molecule has 7 heteroatoms. The summed E-state index contributed by atoms with van der Waals surface area (Å²) in [4.78, 5) is 11.9. The van der Waals surface area contributed by atoms with E-state index >= 15 is 0 Å². The van der Waals surface area contributed by atoms with Crippen LogP contribution in [0.2, 0.25) is 0 Å². The summed E-state index contributed by atoms with van der Waals surface area (Å²) < 4.78 is 12.0. The molecular weight excluding hydrogens is 426 g/mol. The Kier molecular flexibility index (Phi) is 7.54. The van der Waals surface area contributed by atoms with Crippen molar-refractivity contribution in [2.45, 2.75) is 44.6 Å². The molecule has 0 aliphatic carbocycles. The van der Waals surface area contributed by atoms with Gasteiger partial charge in [0.25, 0.3) is 0 Å². The minimum absolute atomic E-state index is 0.0874. The molecule has 182 valence electrons. The van der Waals surface area contributed by atoms with Crippen LogP contribution in [0.15, 0.2) is 43.1 Å². The number of anilines is 1. The second-order valence-corrected chi connectivity index (χ2v) is 9.71. The van der Waals surface area contributed by atoms with Crippen LogP contribution in [0, 0.1) is 11.3 Å². The number of piperazine rings is 1. The summed E-state index contributed by atoms with van der Waals surface area (Å²) in [6.45, 7) is 17.1. The maximum atomic E-state index is 9.49. The Morgan fingerprint density at radius 2 is 2.06 bits per heavy atom. The van der Waals surface area contributed by atoms with E-state index in [1.54, 1.807) is 13.3 Å². The van der Waals surface area contributed by atoms with Gasteiger partial charge in [-0.3, -0.25) is 14.8 Å². The lowest BCUT2D eigenvalue weighted by Crippen LogP contribution is -2.60. The maximum Gasteiger partial charge on any atom is 0.101 e. The van der Waals surface area contributed by atoms with Gasteiger partial charge in [-0.15, -0.1) is 6.58 Å². The highest BCUT2D eigenvalue weighted by Crippen LogP contribution is 2.31. The van der Waals surface area contributed by atoms with Crippen molar-refractivity contribution >= 4 is 16.6 Å². The molecule has 0 bridgehead atoms. The first-order valence-electron chi connectivity index (χ1n) is 12.2. The number of hydrogen-bond acceptors (Lipinski definition) is 7. The Hall–Kier alpha value is -2.50. The van der Waals surface area contributed by atoms with E-state index in [1.165, 1.54) is 0 Å². The number of benzene rings is 1. The third-order valence-electron chi connectivity index (χ3n) is 7.64. The van der Waals surface area contributed by atoms with Crippen LogP contribution >= 0.6 is 0 Å². The van der Waals surface area contributed by atoms with E-state index in [0.29, 0.717) is 5.56 Å². The van der Waals surface area contributed by atoms with Crippen LogP contribution in [0.3, 0.4) is 0 Å². The zero-order valence-electron chi connectivity index (χ0n) is 20.9. The van der Waals surface area contributed by atoms with Crippen molar-refractivity contribution in [1.29, 1.82) is 5.26 Å². The first-order valence-corrected chi connectivity index (χ1v) is 12.2. The normalized spacial score (nSPS) is 25.0. The number of pyridine rings is 1. The molecule has 4 atom stereocenters. The van der Waals surface area contributed by atoms with Crippen LogP contribution in [-0.4, -0.2) is 91.6 Å². The van der Waals surface area contributed by atoms with Gasteiger partial charge in [0, 0.05) is 70.2 Å². The van der Waals surface area contributed by atoms with Crippen LogP contribution in [0.5, 0.6) is 0 Å². The Bertz CT molecular complexity index is 1040. The van der Waals surface area contributed by atoms with Gasteiger partial charge in [0.1, 0.15) is 6.07 Å². The van der Waals surface area contributed by atoms with E-state index < -0.39 is 0 Å². The predicted molar refractivity (Wildman–Crippen MR) is 136 cm³/mol. The maximum absolute atomic E-state index is 9.49. The van der Waals surface area contributed by atoms with Crippen molar-refractivity contribution in [1.82, 2.24) is 14.8 Å². The first kappa shape index (κ1) is 24.6. The molecule has 0 amide bonds. The lowest BCUT2D eigenvalue weighted by molar-refractivity contribution is -0.0549. The number of methoxy groups -OCH3 is 1. The molecule has 2 saturated heterocycles. The Labute approximate surface area is 203 Å². The molecule has 2 aliphatic rings. The minimum Gasteiger partial charge on any atom is -0.379 e. The van der Waals surface area contributed by atoms with E-state index in [2.05, 4.69) is 65.2 Å². The zero-order valence-corrected chi connectivity index (χ0v) is 20.9. The van der Waals surface area contributed by atoms with E-state index in [1.807, 2.05) is 18.2 Å². The average Bonchev–Trinajstić information content (AvgIpc) is 2.87. The molecule has 0 saturated carbocycles. The fraction of sp³-hybridized carbons (Fsp3) is 0.556. The monoisotopic (exact) mass is 463 g/mol. The lowest BCUT2D eigenvalue weighted by atomic mass is 9.92. The summed E-state index contributed by atoms with van der Waals surface area (Å²) >= 11 is 0. The number of rotatable bonds is 7. The third kappa shape index (κ3) is 4.82. The van der Waals surface area contributed by atoms with Gasteiger partial charge in [-0.2, -0.15) is 5.26 Å². The van der Waals surface area contributed by atoms with Gasteiger partial charge in [-0.1, -0.05) is 6.08 Å². The second-order valence-electron chi connectivity index (χ2n) is 9.71. The Balaban J connectivity index is 1.43. The SMILES string of the molecule is C=CC(C)([C@@H](C)OC)N1CCN(C[C@H]2CN(c3ccc(C#N)c4ncccc34)C[C@@H](C)O2)CC1. The second kappa shape index (κ2) is 10.4. The summed E-state index contributed by atoms with van der Waals surface area (Å²) in [6, 6.07) is 10.2. The van der Waals surface area contributed by atoms with Gasteiger partial charge in [0.15, 0.2) is 0 Å². The van der Waals surface area contributed by atoms with Gasteiger partial charge >= 0.3 is 0 Å². The molecule has 3 heterocycles. The molecule has 1 unspecified atom stereocenters. The molecule has 0 N–H and O–H groups in total. The van der Waals surface area contributed by atoms with E-state index in [9.17, 15) is 5.26 Å². The van der Waals surface area contributed by atoms with Crippen molar-refractivity contribution < 1.29 is 9.47 Å². The minimum atomic E-state index is -0.168. The lowest BCUT2D eigenvalue weighted by Gasteiger charge is -2.48. The summed E-state index contributed by atoms with van der Waals surface area (Å²) in [5, 5.41) is 10.5. The molecule has 2 aromatic rings. The largest absolute Gasteiger partial charge is 0.379 e. The summed E-state index contributed by atoms with van der Waals surface area (Å²) in [5.74, 6) is 0. The summed E-state index contributed by atoms with van der Waals surface area (Å²) in [6.07, 6.45) is 4.12. The quantitative estimate of drug-likeness (QED) is 0.584. The van der Waals surface area contributed by atoms with Gasteiger partial charge in [0.05, 0.1) is 34.9 Å². The zero-order chi connectivity index (χ0) is 24.3. The topological polar surface area (TPSA) is 64.9 Å². The Morgan fingerprint density at radius 1 is 1.29 bits per heavy atom. The van der Waals surface area contributed by atoms with Crippen molar-refractivity contribution in [3.8, 4) is 6.07 Å². The fourth-order valence-corrected chi connectivity index (χ4v) is 5.36. The van der Waals surface area contributed by atoms with Crippen molar-refractivity contribution in [2.24, 2.45) is 0 Å². The van der Waals surface area contributed by atoms with Crippen LogP contribution < -0.4 is 4.90 Å². The molecule has 0 spiro atoms. The van der Waals surface area contributed by atoms with E-state index in [-0.39, 0.29) is 23.9 Å². The number of nitriles is 1. The van der Waals surface area contributed by atoms with Crippen LogP contribution in [0.1, 0.15) is 26.3 Å². The standard InChI is InChI=1S/C27H37N5O2/c1-6-27(4,21(3)33-5)32-14-12-30(13-15-32)18-23-19-31(17-20(2)34-23)25-10-9-22(16-28)26-24(25)8-7-11-29-26/h6-11,20-21,23H,1,12-15,17-19H2,2-5H3/t20-,21-,23+,27?/m1/s1. The fourth-order valence-electron chi connectivity index (χ4n) is 5.36. The van der Waals surface area contributed by atoms with Gasteiger partial charge in [-0.05, 0) is 45.0 Å². The molecule has 0 radical (unpaired) electrons. The Morgan fingerprint density at radius 3 is 2.74 bits per heavy atom. The molecule has 4 rings (SSSR count). The molecule has 2 aliphatic heterocycles. The highest BCUT2D eigenvalue weighted by atomic mass is 16.5. The molecule has 7 nitrogen and oxygen atoms in total. The molecule has 1 aromatic heterocycles. The van der Waals surface area contributed by atoms with Gasteiger partial charge in [0.2, 0.25) is 0 Å². The van der Waals surface area contributed by atoms with Crippen molar-refractivity contribution in [3.05, 3.63) is 48.7 Å². The predicted octanol–water partition coefficient (Wildman–Crippen LogP) is 3.30. The average molecular weight is 464 g/mol. The number of morpholine rings is 1. The molecule has 34 heavy (non-hydrogen) atoms. The molecule has 2 fully saturated rings. The highest BCUT2D eigenvalue weighted by molar-refractivity contribution is 5.95. The molecular formula is C27H37N5O2. The summed E-state index contributed by atoms with van der Waals surface area (Å²) in [5.41, 5.74) is 2.34. The number of aromatic nitrogens is 1. The number of nitrogens with zero attached hydrogens (tertiary/aromatic N) is 5. The van der Waals surface area contributed by atoms with Crippen molar-refractivity contribution in [2.75, 3.05) is 57.8 Å². The van der Waals surface area contributed by atoms with Gasteiger partial charge in [-0.25, -0.2) is 0 Å². The highest BCUT2D eigenvalue weighted by Gasteiger charge is 2.37. The van der Waals surface area contributed by atoms with Crippen LogP contribution in [-0.2, 0) is 9.47 Å². The van der Waals surface area contributed by atoms with E-state index in [0.717, 1.165) is 62.4 Å².